The third-order valence-corrected chi connectivity index (χ3v) is 5.15. The quantitative estimate of drug-likeness (QED) is 0.799. The fraction of sp³-hybridized carbons (Fsp3) is 0.625. The molecule has 0 saturated carbocycles. The Balaban J connectivity index is 1.62. The molecular weight excluding hydrogens is 284 g/mol. The predicted molar refractivity (Wildman–Crippen MR) is 83.2 cm³/mol. The summed E-state index contributed by atoms with van der Waals surface area (Å²) in [6.07, 6.45) is 0. The normalized spacial score (nSPS) is 25.3. The largest absolute Gasteiger partial charge is 0.342 e. The Morgan fingerprint density at radius 2 is 1.67 bits per heavy atom. The molecule has 0 aliphatic carbocycles. The molecule has 2 unspecified atom stereocenters. The first-order valence-corrected chi connectivity index (χ1v) is 8.41. The second-order valence-electron chi connectivity index (χ2n) is 7.20. The molecular formula is C16H22N2O2S. The molecule has 2 amide bonds. The molecule has 1 aromatic heterocycles. The summed E-state index contributed by atoms with van der Waals surface area (Å²) in [6.45, 7) is 9.07. The third kappa shape index (κ3) is 2.71. The number of rotatable bonds is 1. The number of hydrogen-bond donors (Lipinski definition) is 0. The van der Waals surface area contributed by atoms with Gasteiger partial charge in [0.25, 0.3) is 5.91 Å². The number of thiophene rings is 1. The van der Waals surface area contributed by atoms with Gasteiger partial charge in [-0.25, -0.2) is 0 Å². The lowest BCUT2D eigenvalue weighted by molar-refractivity contribution is -0.138. The zero-order valence-electron chi connectivity index (χ0n) is 12.8. The zero-order valence-corrected chi connectivity index (χ0v) is 13.7. The number of hydrogen-bond acceptors (Lipinski definition) is 3. The summed E-state index contributed by atoms with van der Waals surface area (Å²) in [5.74, 6) is 1.25. The van der Waals surface area contributed by atoms with Crippen molar-refractivity contribution in [3.63, 3.8) is 0 Å². The summed E-state index contributed by atoms with van der Waals surface area (Å²) >= 11 is 1.55. The molecule has 1 aromatic rings. The van der Waals surface area contributed by atoms with E-state index in [9.17, 15) is 9.59 Å². The maximum Gasteiger partial charge on any atom is 0.254 e. The van der Waals surface area contributed by atoms with Gasteiger partial charge >= 0.3 is 0 Å². The molecule has 0 radical (unpaired) electrons. The molecule has 21 heavy (non-hydrogen) atoms. The van der Waals surface area contributed by atoms with Crippen LogP contribution >= 0.6 is 11.3 Å². The van der Waals surface area contributed by atoms with Crippen LogP contribution in [0.5, 0.6) is 0 Å². The Morgan fingerprint density at radius 3 is 2.14 bits per heavy atom. The maximum atomic E-state index is 12.4. The van der Waals surface area contributed by atoms with E-state index in [1.54, 1.807) is 11.3 Å². The van der Waals surface area contributed by atoms with E-state index in [4.69, 9.17) is 0 Å². The lowest BCUT2D eigenvalue weighted by Crippen LogP contribution is -2.40. The Labute approximate surface area is 129 Å². The van der Waals surface area contributed by atoms with E-state index in [2.05, 4.69) is 0 Å². The Morgan fingerprint density at radius 1 is 1.10 bits per heavy atom. The van der Waals surface area contributed by atoms with E-state index in [1.807, 2.05) is 47.4 Å². The van der Waals surface area contributed by atoms with Crippen molar-refractivity contribution < 1.29 is 9.59 Å². The number of likely N-dealkylation sites (tertiary alicyclic amines) is 2. The molecule has 0 spiro atoms. The van der Waals surface area contributed by atoms with E-state index < -0.39 is 0 Å². The van der Waals surface area contributed by atoms with Gasteiger partial charge in [0.15, 0.2) is 0 Å². The van der Waals surface area contributed by atoms with Crippen LogP contribution < -0.4 is 0 Å². The number of fused-ring (bicyclic) bond motifs is 1. The van der Waals surface area contributed by atoms with E-state index in [1.165, 1.54) is 0 Å². The van der Waals surface area contributed by atoms with Crippen LogP contribution in [0.25, 0.3) is 0 Å². The molecule has 0 bridgehead atoms. The van der Waals surface area contributed by atoms with Crippen molar-refractivity contribution in [2.45, 2.75) is 20.8 Å². The Kier molecular flexibility index (Phi) is 3.56. The number of nitrogens with zero attached hydrogens (tertiary/aromatic N) is 2. The molecule has 114 valence electrons. The van der Waals surface area contributed by atoms with Crippen molar-refractivity contribution in [1.82, 2.24) is 9.80 Å². The molecule has 3 rings (SSSR count). The number of carbonyl (C=O) groups is 2. The van der Waals surface area contributed by atoms with Crippen LogP contribution in [-0.4, -0.2) is 47.8 Å². The van der Waals surface area contributed by atoms with E-state index in [0.29, 0.717) is 11.8 Å². The van der Waals surface area contributed by atoms with Crippen molar-refractivity contribution in [2.75, 3.05) is 26.2 Å². The van der Waals surface area contributed by atoms with Crippen molar-refractivity contribution in [3.05, 3.63) is 22.4 Å². The average molecular weight is 306 g/mol. The molecule has 2 fully saturated rings. The Bertz CT molecular complexity index is 533. The summed E-state index contributed by atoms with van der Waals surface area (Å²) in [6, 6.07) is 1.89. The topological polar surface area (TPSA) is 40.6 Å². The summed E-state index contributed by atoms with van der Waals surface area (Å²) in [4.78, 5) is 28.7. The first kappa shape index (κ1) is 14.6. The first-order valence-electron chi connectivity index (χ1n) is 7.47. The van der Waals surface area contributed by atoms with E-state index in [0.717, 1.165) is 31.7 Å². The molecule has 2 atom stereocenters. The lowest BCUT2D eigenvalue weighted by Gasteiger charge is -2.27. The van der Waals surface area contributed by atoms with Gasteiger partial charge in [-0.05, 0) is 11.4 Å². The molecule has 4 nitrogen and oxygen atoms in total. The molecule has 5 heteroatoms. The fourth-order valence-corrected chi connectivity index (χ4v) is 4.00. The summed E-state index contributed by atoms with van der Waals surface area (Å²) < 4.78 is 0. The highest BCUT2D eigenvalue weighted by molar-refractivity contribution is 7.08. The lowest BCUT2D eigenvalue weighted by atomic mass is 9.95. The van der Waals surface area contributed by atoms with Gasteiger partial charge in [0, 0.05) is 48.8 Å². The van der Waals surface area contributed by atoms with Crippen LogP contribution in [0.15, 0.2) is 16.8 Å². The van der Waals surface area contributed by atoms with Gasteiger partial charge in [-0.15, -0.1) is 0 Å². The van der Waals surface area contributed by atoms with Crippen molar-refractivity contribution >= 4 is 23.2 Å². The summed E-state index contributed by atoms with van der Waals surface area (Å²) in [5.41, 5.74) is 0.479. The third-order valence-electron chi connectivity index (χ3n) is 4.47. The average Bonchev–Trinajstić information content (AvgIpc) is 3.10. The summed E-state index contributed by atoms with van der Waals surface area (Å²) in [5, 5.41) is 3.85. The number of carbonyl (C=O) groups excluding carboxylic acids is 2. The van der Waals surface area contributed by atoms with Crippen molar-refractivity contribution in [3.8, 4) is 0 Å². The van der Waals surface area contributed by atoms with Gasteiger partial charge < -0.3 is 9.80 Å². The highest BCUT2D eigenvalue weighted by Gasteiger charge is 2.44. The standard InChI is InChI=1S/C16H22N2O2S/c1-16(2,3)15(20)18-8-12-6-17(7-13(12)9-18)14(19)11-4-5-21-10-11/h4-5,10,12-13H,6-9H2,1-3H3. The van der Waals surface area contributed by atoms with Gasteiger partial charge in [0.2, 0.25) is 5.91 Å². The van der Waals surface area contributed by atoms with Gasteiger partial charge in [-0.1, -0.05) is 20.8 Å². The van der Waals surface area contributed by atoms with Crippen LogP contribution in [0, 0.1) is 17.3 Å². The minimum absolute atomic E-state index is 0.138. The van der Waals surface area contributed by atoms with Gasteiger partial charge in [-0.3, -0.25) is 9.59 Å². The smallest absolute Gasteiger partial charge is 0.254 e. The van der Waals surface area contributed by atoms with E-state index in [-0.39, 0.29) is 17.2 Å². The number of amides is 2. The summed E-state index contributed by atoms with van der Waals surface area (Å²) in [7, 11) is 0. The molecule has 3 heterocycles. The monoisotopic (exact) mass is 306 g/mol. The predicted octanol–water partition coefficient (Wildman–Crippen LogP) is 2.32. The highest BCUT2D eigenvalue weighted by Crippen LogP contribution is 2.34. The maximum absolute atomic E-state index is 12.4. The van der Waals surface area contributed by atoms with Gasteiger partial charge in [0.05, 0.1) is 5.56 Å². The first-order chi connectivity index (χ1) is 9.86. The second kappa shape index (κ2) is 5.13. The minimum Gasteiger partial charge on any atom is -0.342 e. The van der Waals surface area contributed by atoms with Crippen molar-refractivity contribution in [2.24, 2.45) is 17.3 Å². The minimum atomic E-state index is -0.315. The highest BCUT2D eigenvalue weighted by atomic mass is 32.1. The van der Waals surface area contributed by atoms with E-state index >= 15 is 0 Å². The van der Waals surface area contributed by atoms with Crippen LogP contribution in [0.2, 0.25) is 0 Å². The van der Waals surface area contributed by atoms with Gasteiger partial charge in [0.1, 0.15) is 0 Å². The van der Waals surface area contributed by atoms with Crippen molar-refractivity contribution in [1.29, 1.82) is 0 Å². The molecule has 2 saturated heterocycles. The van der Waals surface area contributed by atoms with Gasteiger partial charge in [-0.2, -0.15) is 11.3 Å². The SMILES string of the molecule is CC(C)(C)C(=O)N1CC2CN(C(=O)c3ccsc3)CC2C1. The molecule has 2 aliphatic heterocycles. The molecule has 0 aromatic carbocycles. The van der Waals surface area contributed by atoms with Crippen LogP contribution in [-0.2, 0) is 4.79 Å². The van der Waals surface area contributed by atoms with Crippen LogP contribution in [0.4, 0.5) is 0 Å². The second-order valence-corrected chi connectivity index (χ2v) is 7.98. The van der Waals surface area contributed by atoms with Crippen LogP contribution in [0.1, 0.15) is 31.1 Å². The fourth-order valence-electron chi connectivity index (χ4n) is 3.37. The zero-order chi connectivity index (χ0) is 15.2. The molecule has 0 N–H and O–H groups in total. The Hall–Kier alpha value is -1.36. The van der Waals surface area contributed by atoms with Crippen LogP contribution in [0.3, 0.4) is 0 Å². The molecule has 2 aliphatic rings.